The lowest BCUT2D eigenvalue weighted by atomic mass is 9.83. The molecule has 2 aromatic rings. The van der Waals surface area contributed by atoms with Gasteiger partial charge in [0.1, 0.15) is 5.75 Å². The molecule has 2 aliphatic rings. The maximum Gasteiger partial charge on any atom is 0.334 e. The highest BCUT2D eigenvalue weighted by molar-refractivity contribution is 5.76. The Balaban J connectivity index is 1.45. The van der Waals surface area contributed by atoms with Gasteiger partial charge in [0.2, 0.25) is 5.91 Å². The summed E-state index contributed by atoms with van der Waals surface area (Å²) < 4.78 is 6.69. The number of hydrogen-bond acceptors (Lipinski definition) is 5. The van der Waals surface area contributed by atoms with Gasteiger partial charge in [-0.05, 0) is 42.5 Å². The van der Waals surface area contributed by atoms with Gasteiger partial charge in [0.25, 0.3) is 0 Å². The lowest BCUT2D eigenvalue weighted by Crippen LogP contribution is -2.49. The molecule has 3 heterocycles. The molecule has 1 aromatic carbocycles. The number of likely N-dealkylation sites (tertiary alicyclic amines) is 1. The second-order valence-electron chi connectivity index (χ2n) is 7.76. The molecule has 2 bridgehead atoms. The van der Waals surface area contributed by atoms with Crippen LogP contribution in [0.2, 0.25) is 0 Å². The summed E-state index contributed by atoms with van der Waals surface area (Å²) in [7, 11) is 1.62. The summed E-state index contributed by atoms with van der Waals surface area (Å²) in [5, 5.41) is 11.1. The van der Waals surface area contributed by atoms with Gasteiger partial charge < -0.3 is 14.2 Å². The van der Waals surface area contributed by atoms with E-state index in [0.29, 0.717) is 32.5 Å². The quantitative estimate of drug-likeness (QED) is 0.570. The van der Waals surface area contributed by atoms with Gasteiger partial charge >= 0.3 is 11.2 Å². The predicted molar refractivity (Wildman–Crippen MR) is 106 cm³/mol. The van der Waals surface area contributed by atoms with E-state index in [1.54, 1.807) is 13.2 Å². The molecule has 1 aromatic heterocycles. The van der Waals surface area contributed by atoms with Crippen molar-refractivity contribution in [1.82, 2.24) is 9.47 Å². The second kappa shape index (κ2) is 7.69. The van der Waals surface area contributed by atoms with Crippen LogP contribution in [0.5, 0.6) is 5.75 Å². The molecule has 8 heteroatoms. The van der Waals surface area contributed by atoms with Gasteiger partial charge in [-0.2, -0.15) is 0 Å². The molecule has 0 aliphatic carbocycles. The van der Waals surface area contributed by atoms with Crippen molar-refractivity contribution in [3.8, 4) is 5.75 Å². The third-order valence-electron chi connectivity index (χ3n) is 5.92. The summed E-state index contributed by atoms with van der Waals surface area (Å²) in [5.74, 6) is 1.08. The minimum Gasteiger partial charge on any atom is -0.497 e. The topological polar surface area (TPSA) is 94.7 Å². The zero-order chi connectivity index (χ0) is 20.5. The summed E-state index contributed by atoms with van der Waals surface area (Å²) in [5.41, 5.74) is 0.952. The SMILES string of the molecule is COc1ccc(CCC(=O)N2C[C@H]3C[C@@H](C2)c2ccc([N+](=O)[O-])c(=O)n2C3)cc1. The fourth-order valence-electron chi connectivity index (χ4n) is 4.48. The predicted octanol–water partition coefficient (Wildman–Crippen LogP) is 2.34. The summed E-state index contributed by atoms with van der Waals surface area (Å²) in [6.45, 7) is 1.57. The summed E-state index contributed by atoms with van der Waals surface area (Å²) in [6, 6.07) is 10.7. The minimum atomic E-state index is -0.630. The van der Waals surface area contributed by atoms with Gasteiger partial charge in [-0.3, -0.25) is 19.7 Å². The molecule has 0 radical (unpaired) electrons. The van der Waals surface area contributed by atoms with Crippen molar-refractivity contribution in [2.45, 2.75) is 31.7 Å². The Morgan fingerprint density at radius 2 is 1.93 bits per heavy atom. The maximum absolute atomic E-state index is 12.8. The fourth-order valence-corrected chi connectivity index (χ4v) is 4.48. The zero-order valence-corrected chi connectivity index (χ0v) is 16.2. The van der Waals surface area contributed by atoms with Crippen LogP contribution in [0, 0.1) is 16.0 Å². The van der Waals surface area contributed by atoms with Crippen LogP contribution in [0.25, 0.3) is 0 Å². The number of amides is 1. The van der Waals surface area contributed by atoms with Crippen molar-refractivity contribution in [3.63, 3.8) is 0 Å². The number of ether oxygens (including phenoxy) is 1. The lowest BCUT2D eigenvalue weighted by molar-refractivity contribution is -0.386. The third kappa shape index (κ3) is 3.74. The van der Waals surface area contributed by atoms with Gasteiger partial charge in [-0.1, -0.05) is 12.1 Å². The molecule has 29 heavy (non-hydrogen) atoms. The molecule has 1 saturated heterocycles. The molecule has 152 valence electrons. The van der Waals surface area contributed by atoms with Crippen molar-refractivity contribution in [1.29, 1.82) is 0 Å². The Morgan fingerprint density at radius 1 is 1.17 bits per heavy atom. The Labute approximate surface area is 167 Å². The van der Waals surface area contributed by atoms with Crippen LogP contribution in [0.15, 0.2) is 41.2 Å². The number of rotatable bonds is 5. The fraction of sp³-hybridized carbons (Fsp3) is 0.429. The number of pyridine rings is 1. The van der Waals surface area contributed by atoms with Crippen LogP contribution in [0.3, 0.4) is 0 Å². The number of aryl methyl sites for hydroxylation is 1. The first-order chi connectivity index (χ1) is 14.0. The van der Waals surface area contributed by atoms with E-state index in [0.717, 1.165) is 23.4 Å². The third-order valence-corrected chi connectivity index (χ3v) is 5.92. The molecule has 0 N–H and O–H groups in total. The van der Waals surface area contributed by atoms with Crippen molar-refractivity contribution in [3.05, 3.63) is 68.1 Å². The van der Waals surface area contributed by atoms with Crippen LogP contribution in [-0.4, -0.2) is 40.5 Å². The van der Waals surface area contributed by atoms with E-state index in [9.17, 15) is 19.7 Å². The van der Waals surface area contributed by atoms with Crippen molar-refractivity contribution in [2.24, 2.45) is 5.92 Å². The van der Waals surface area contributed by atoms with E-state index in [1.807, 2.05) is 29.2 Å². The number of fused-ring (bicyclic) bond motifs is 4. The molecule has 4 rings (SSSR count). The molecule has 1 amide bonds. The average Bonchev–Trinajstić information content (AvgIpc) is 2.72. The van der Waals surface area contributed by atoms with Crippen LogP contribution < -0.4 is 10.3 Å². The Hall–Kier alpha value is -3.16. The maximum atomic E-state index is 12.8. The largest absolute Gasteiger partial charge is 0.497 e. The van der Waals surface area contributed by atoms with Crippen molar-refractivity contribution < 1.29 is 14.5 Å². The average molecular weight is 397 g/mol. The van der Waals surface area contributed by atoms with Gasteiger partial charge in [-0.15, -0.1) is 0 Å². The number of benzene rings is 1. The van der Waals surface area contributed by atoms with E-state index in [1.165, 1.54) is 10.6 Å². The van der Waals surface area contributed by atoms with E-state index >= 15 is 0 Å². The number of nitrogens with zero attached hydrogens (tertiary/aromatic N) is 3. The highest BCUT2D eigenvalue weighted by Gasteiger charge is 2.37. The molecule has 0 spiro atoms. The van der Waals surface area contributed by atoms with E-state index in [-0.39, 0.29) is 23.4 Å². The zero-order valence-electron chi connectivity index (χ0n) is 16.2. The monoisotopic (exact) mass is 397 g/mol. The van der Waals surface area contributed by atoms with Crippen molar-refractivity contribution >= 4 is 11.6 Å². The van der Waals surface area contributed by atoms with E-state index in [4.69, 9.17) is 4.74 Å². The first-order valence-corrected chi connectivity index (χ1v) is 9.75. The van der Waals surface area contributed by atoms with Crippen LogP contribution in [0.4, 0.5) is 5.69 Å². The first-order valence-electron chi connectivity index (χ1n) is 9.75. The lowest BCUT2D eigenvalue weighted by Gasteiger charge is -2.42. The van der Waals surface area contributed by atoms with Crippen LogP contribution in [-0.2, 0) is 17.8 Å². The summed E-state index contributed by atoms with van der Waals surface area (Å²) in [4.78, 5) is 37.5. The Bertz CT molecular complexity index is 998. The normalized spacial score (nSPS) is 20.1. The van der Waals surface area contributed by atoms with Gasteiger partial charge in [-0.25, -0.2) is 0 Å². The number of carbonyl (C=O) groups is 1. The van der Waals surface area contributed by atoms with Gasteiger partial charge in [0.15, 0.2) is 0 Å². The van der Waals surface area contributed by atoms with E-state index in [2.05, 4.69) is 0 Å². The Kier molecular flexibility index (Phi) is 5.08. The van der Waals surface area contributed by atoms with Crippen LogP contribution in [0.1, 0.15) is 30.0 Å². The van der Waals surface area contributed by atoms with Crippen LogP contribution >= 0.6 is 0 Å². The number of carbonyl (C=O) groups excluding carboxylic acids is 1. The van der Waals surface area contributed by atoms with E-state index < -0.39 is 10.5 Å². The molecular formula is C21H23N3O5. The van der Waals surface area contributed by atoms with Crippen molar-refractivity contribution in [2.75, 3.05) is 20.2 Å². The molecular weight excluding hydrogens is 374 g/mol. The molecule has 2 aliphatic heterocycles. The molecule has 0 saturated carbocycles. The summed E-state index contributed by atoms with van der Waals surface area (Å²) in [6.07, 6.45) is 2.00. The van der Waals surface area contributed by atoms with Gasteiger partial charge in [0.05, 0.1) is 12.0 Å². The Morgan fingerprint density at radius 3 is 2.62 bits per heavy atom. The molecule has 1 fully saturated rings. The minimum absolute atomic E-state index is 0.0425. The smallest absolute Gasteiger partial charge is 0.334 e. The second-order valence-corrected chi connectivity index (χ2v) is 7.76. The van der Waals surface area contributed by atoms with Gasteiger partial charge in [0, 0.05) is 43.7 Å². The number of methoxy groups -OCH3 is 1. The molecule has 8 nitrogen and oxygen atoms in total. The first kappa shape index (κ1) is 19.2. The number of nitro groups is 1. The number of aromatic nitrogens is 1. The number of hydrogen-bond donors (Lipinski definition) is 0. The summed E-state index contributed by atoms with van der Waals surface area (Å²) >= 11 is 0. The number of piperidine rings is 1. The highest BCUT2D eigenvalue weighted by Crippen LogP contribution is 2.35. The standard InChI is InChI=1S/C21H23N3O5/c1-29-17-5-2-14(3-6-17)4-9-20(25)22-11-15-10-16(13-22)18-7-8-19(24(27)28)21(26)23(18)12-15/h2-3,5-8,15-16H,4,9-13H2,1H3/t15-,16+/m1/s1. The highest BCUT2D eigenvalue weighted by atomic mass is 16.6. The molecule has 2 atom stereocenters. The molecule has 0 unspecified atom stereocenters.